The number of carbonyl (C=O) groups is 1. The Morgan fingerprint density at radius 3 is 2.50 bits per heavy atom. The summed E-state index contributed by atoms with van der Waals surface area (Å²) >= 11 is 0. The number of aromatic hydroxyl groups is 1. The number of para-hydroxylation sites is 1. The molecule has 0 saturated heterocycles. The summed E-state index contributed by atoms with van der Waals surface area (Å²) in [4.78, 5) is 24.3. The molecule has 1 atom stereocenters. The SMILES string of the molecule is CC(=O)CC(c1ccccc1C)c1c(O)c2ccccc2oc1=O. The summed E-state index contributed by atoms with van der Waals surface area (Å²) in [5, 5.41) is 11.2. The first-order chi connectivity index (χ1) is 11.5. The third-order valence-electron chi connectivity index (χ3n) is 4.22. The first kappa shape index (κ1) is 16.0. The minimum atomic E-state index is -0.610. The maximum Gasteiger partial charge on any atom is 0.343 e. The fraction of sp³-hybridized carbons (Fsp3) is 0.200. The van der Waals surface area contributed by atoms with Crippen molar-refractivity contribution in [1.29, 1.82) is 0 Å². The Bertz CT molecular complexity index is 969. The van der Waals surface area contributed by atoms with E-state index in [9.17, 15) is 14.7 Å². The second kappa shape index (κ2) is 6.32. The lowest BCUT2D eigenvalue weighted by molar-refractivity contribution is -0.117. The van der Waals surface area contributed by atoms with Gasteiger partial charge in [-0.15, -0.1) is 0 Å². The summed E-state index contributed by atoms with van der Waals surface area (Å²) < 4.78 is 5.37. The molecule has 0 saturated carbocycles. The molecule has 0 amide bonds. The first-order valence-corrected chi connectivity index (χ1v) is 7.78. The monoisotopic (exact) mass is 322 g/mol. The van der Waals surface area contributed by atoms with Crippen LogP contribution < -0.4 is 5.63 Å². The van der Waals surface area contributed by atoms with Crippen LogP contribution in [0.5, 0.6) is 5.75 Å². The van der Waals surface area contributed by atoms with E-state index in [2.05, 4.69) is 0 Å². The van der Waals surface area contributed by atoms with E-state index in [1.807, 2.05) is 31.2 Å². The number of aryl methyl sites for hydroxylation is 1. The van der Waals surface area contributed by atoms with Crippen LogP contribution in [0.15, 0.2) is 57.7 Å². The number of hydrogen-bond donors (Lipinski definition) is 1. The van der Waals surface area contributed by atoms with Crippen LogP contribution in [0.4, 0.5) is 0 Å². The Kier molecular flexibility index (Phi) is 4.21. The standard InChI is InChI=1S/C20H18O4/c1-12-7-3-4-8-14(12)16(11-13(2)21)18-19(22)15-9-5-6-10-17(15)24-20(18)23/h3-10,16,22H,11H2,1-2H3. The zero-order valence-corrected chi connectivity index (χ0v) is 13.6. The largest absolute Gasteiger partial charge is 0.507 e. The number of benzene rings is 2. The van der Waals surface area contributed by atoms with Gasteiger partial charge in [-0.3, -0.25) is 4.79 Å². The number of fused-ring (bicyclic) bond motifs is 1. The zero-order chi connectivity index (χ0) is 17.3. The van der Waals surface area contributed by atoms with Crippen LogP contribution >= 0.6 is 0 Å². The van der Waals surface area contributed by atoms with Crippen molar-refractivity contribution in [1.82, 2.24) is 0 Å². The van der Waals surface area contributed by atoms with Crippen LogP contribution in [0.25, 0.3) is 11.0 Å². The van der Waals surface area contributed by atoms with Gasteiger partial charge in [-0.1, -0.05) is 36.4 Å². The molecule has 122 valence electrons. The summed E-state index contributed by atoms with van der Waals surface area (Å²) in [5.74, 6) is -0.712. The van der Waals surface area contributed by atoms with Crippen molar-refractivity contribution in [2.45, 2.75) is 26.2 Å². The normalized spacial score (nSPS) is 12.2. The van der Waals surface area contributed by atoms with E-state index in [4.69, 9.17) is 4.42 Å². The van der Waals surface area contributed by atoms with Crippen molar-refractivity contribution in [2.75, 3.05) is 0 Å². The van der Waals surface area contributed by atoms with Gasteiger partial charge in [-0.25, -0.2) is 4.79 Å². The molecule has 0 aliphatic rings. The van der Waals surface area contributed by atoms with Crippen molar-refractivity contribution in [3.05, 3.63) is 75.6 Å². The number of Topliss-reactive ketones (excluding diaryl/α,β-unsaturated/α-hetero) is 1. The minimum Gasteiger partial charge on any atom is -0.507 e. The number of carbonyl (C=O) groups excluding carboxylic acids is 1. The average molecular weight is 322 g/mol. The fourth-order valence-electron chi connectivity index (χ4n) is 3.09. The Morgan fingerprint density at radius 1 is 1.12 bits per heavy atom. The van der Waals surface area contributed by atoms with E-state index in [0.717, 1.165) is 11.1 Å². The van der Waals surface area contributed by atoms with Gasteiger partial charge in [-0.2, -0.15) is 0 Å². The molecule has 1 aromatic heterocycles. The van der Waals surface area contributed by atoms with E-state index < -0.39 is 11.5 Å². The van der Waals surface area contributed by atoms with Crippen molar-refractivity contribution in [2.24, 2.45) is 0 Å². The molecule has 24 heavy (non-hydrogen) atoms. The lowest BCUT2D eigenvalue weighted by Gasteiger charge is -2.19. The molecule has 3 rings (SSSR count). The highest BCUT2D eigenvalue weighted by Crippen LogP contribution is 2.37. The summed E-state index contributed by atoms with van der Waals surface area (Å²) in [6, 6.07) is 14.4. The van der Waals surface area contributed by atoms with Crippen molar-refractivity contribution < 1.29 is 14.3 Å². The second-order valence-electron chi connectivity index (χ2n) is 5.96. The van der Waals surface area contributed by atoms with Gasteiger partial charge in [0.15, 0.2) is 0 Å². The Morgan fingerprint density at radius 2 is 1.79 bits per heavy atom. The van der Waals surface area contributed by atoms with Crippen LogP contribution in [0, 0.1) is 6.92 Å². The lowest BCUT2D eigenvalue weighted by atomic mass is 9.85. The molecule has 1 N–H and O–H groups in total. The highest BCUT2D eigenvalue weighted by atomic mass is 16.4. The molecule has 0 radical (unpaired) electrons. The molecule has 0 aliphatic heterocycles. The molecule has 3 aromatic rings. The first-order valence-electron chi connectivity index (χ1n) is 7.78. The van der Waals surface area contributed by atoms with E-state index in [-0.39, 0.29) is 23.5 Å². The summed E-state index contributed by atoms with van der Waals surface area (Å²) in [7, 11) is 0. The molecule has 2 aromatic carbocycles. The Labute approximate surface area is 139 Å². The van der Waals surface area contributed by atoms with E-state index in [0.29, 0.717) is 11.0 Å². The molecule has 0 spiro atoms. The topological polar surface area (TPSA) is 67.5 Å². The molecular formula is C20H18O4. The zero-order valence-electron chi connectivity index (χ0n) is 13.6. The van der Waals surface area contributed by atoms with Gasteiger partial charge >= 0.3 is 5.63 Å². The van der Waals surface area contributed by atoms with Crippen LogP contribution in [0.1, 0.15) is 36.0 Å². The van der Waals surface area contributed by atoms with Crippen LogP contribution in [-0.2, 0) is 4.79 Å². The van der Waals surface area contributed by atoms with Crippen molar-refractivity contribution >= 4 is 16.8 Å². The predicted octanol–water partition coefficient (Wildman–Crippen LogP) is 3.92. The molecule has 4 heteroatoms. The molecule has 0 bridgehead atoms. The lowest BCUT2D eigenvalue weighted by Crippen LogP contribution is -2.17. The maximum absolute atomic E-state index is 12.5. The highest BCUT2D eigenvalue weighted by molar-refractivity contribution is 5.85. The van der Waals surface area contributed by atoms with Crippen molar-refractivity contribution in [3.8, 4) is 5.75 Å². The van der Waals surface area contributed by atoms with Crippen LogP contribution in [0.3, 0.4) is 0 Å². The van der Waals surface area contributed by atoms with E-state index in [1.165, 1.54) is 6.92 Å². The summed E-state index contributed by atoms with van der Waals surface area (Å²) in [5.41, 5.74) is 1.65. The van der Waals surface area contributed by atoms with Gasteiger partial charge in [-0.05, 0) is 37.1 Å². The van der Waals surface area contributed by atoms with Crippen molar-refractivity contribution in [3.63, 3.8) is 0 Å². The fourth-order valence-corrected chi connectivity index (χ4v) is 3.09. The average Bonchev–Trinajstić information content (AvgIpc) is 2.54. The van der Waals surface area contributed by atoms with Gasteiger partial charge < -0.3 is 9.52 Å². The second-order valence-corrected chi connectivity index (χ2v) is 5.96. The van der Waals surface area contributed by atoms with Crippen LogP contribution in [-0.4, -0.2) is 10.9 Å². The van der Waals surface area contributed by atoms with E-state index >= 15 is 0 Å². The summed E-state index contributed by atoms with van der Waals surface area (Å²) in [6.45, 7) is 3.40. The number of ketones is 1. The molecule has 1 unspecified atom stereocenters. The third kappa shape index (κ3) is 2.83. The maximum atomic E-state index is 12.5. The Hall–Kier alpha value is -2.88. The molecule has 4 nitrogen and oxygen atoms in total. The predicted molar refractivity (Wildman–Crippen MR) is 92.5 cm³/mol. The molecular weight excluding hydrogens is 304 g/mol. The van der Waals surface area contributed by atoms with Crippen LogP contribution in [0.2, 0.25) is 0 Å². The molecule has 1 heterocycles. The van der Waals surface area contributed by atoms with Gasteiger partial charge in [0.1, 0.15) is 17.1 Å². The quantitative estimate of drug-likeness (QED) is 0.739. The third-order valence-corrected chi connectivity index (χ3v) is 4.22. The summed E-state index contributed by atoms with van der Waals surface area (Å²) in [6.07, 6.45) is 0.127. The van der Waals surface area contributed by atoms with Gasteiger partial charge in [0, 0.05) is 12.3 Å². The smallest absolute Gasteiger partial charge is 0.343 e. The molecule has 0 aliphatic carbocycles. The molecule has 0 fully saturated rings. The number of rotatable bonds is 4. The highest BCUT2D eigenvalue weighted by Gasteiger charge is 2.26. The van der Waals surface area contributed by atoms with Gasteiger partial charge in [0.05, 0.1) is 10.9 Å². The van der Waals surface area contributed by atoms with Gasteiger partial charge in [0.25, 0.3) is 0 Å². The minimum absolute atomic E-state index is 0.0600. The van der Waals surface area contributed by atoms with Gasteiger partial charge in [0.2, 0.25) is 0 Å². The Balaban J connectivity index is 2.29. The van der Waals surface area contributed by atoms with E-state index in [1.54, 1.807) is 24.3 Å². The number of hydrogen-bond acceptors (Lipinski definition) is 4.